The molecule has 0 fully saturated rings. The van der Waals surface area contributed by atoms with Crippen LogP contribution in [0.3, 0.4) is 0 Å². The van der Waals surface area contributed by atoms with Gasteiger partial charge in [0, 0.05) is 11.9 Å². The number of hydrogen-bond acceptors (Lipinski definition) is 4. The number of aryl methyl sites for hydroxylation is 1. The minimum Gasteiger partial charge on any atom is -0.461 e. The Bertz CT molecular complexity index is 573. The maximum Gasteiger partial charge on any atom is 0.296 e. The number of hydrogen-bond donors (Lipinski definition) is 1. The summed E-state index contributed by atoms with van der Waals surface area (Å²) in [4.78, 5) is 27.6. The molecule has 2 aromatic heterocycles. The summed E-state index contributed by atoms with van der Waals surface area (Å²) in [6, 6.07) is 6.45. The van der Waals surface area contributed by atoms with Gasteiger partial charge in [0.05, 0.1) is 12.3 Å². The van der Waals surface area contributed by atoms with Gasteiger partial charge in [-0.2, -0.15) is 0 Å². The number of carbonyl (C=O) groups is 2. The van der Waals surface area contributed by atoms with E-state index in [0.717, 1.165) is 11.3 Å². The van der Waals surface area contributed by atoms with Crippen LogP contribution in [-0.2, 0) is 4.79 Å². The highest BCUT2D eigenvalue weighted by Gasteiger charge is 2.20. The fourth-order valence-electron chi connectivity index (χ4n) is 1.60. The van der Waals surface area contributed by atoms with Gasteiger partial charge in [-0.15, -0.1) is 0 Å². The molecule has 2 heterocycles. The standard InChI is InChI=1S/C14H14N2O3/c1-9-5-6-11(8-15-9)10(2)16-14(18)13(17)12-4-3-7-19-12/h3-8,10H,1-2H3,(H,16,18). The van der Waals surface area contributed by atoms with E-state index in [1.807, 2.05) is 19.1 Å². The molecular weight excluding hydrogens is 244 g/mol. The molecule has 0 bridgehead atoms. The van der Waals surface area contributed by atoms with E-state index in [0.29, 0.717) is 0 Å². The first-order valence-corrected chi connectivity index (χ1v) is 5.89. The molecule has 0 radical (unpaired) electrons. The Balaban J connectivity index is 2.02. The van der Waals surface area contributed by atoms with E-state index in [2.05, 4.69) is 10.3 Å². The fraction of sp³-hybridized carbons (Fsp3) is 0.214. The quantitative estimate of drug-likeness (QED) is 0.673. The molecule has 2 rings (SSSR count). The van der Waals surface area contributed by atoms with Crippen LogP contribution in [0.25, 0.3) is 0 Å². The van der Waals surface area contributed by atoms with Gasteiger partial charge in [0.2, 0.25) is 0 Å². The molecule has 0 aromatic carbocycles. The third kappa shape index (κ3) is 3.07. The average molecular weight is 258 g/mol. The summed E-state index contributed by atoms with van der Waals surface area (Å²) in [5.74, 6) is -1.34. The van der Waals surface area contributed by atoms with E-state index in [-0.39, 0.29) is 11.8 Å². The molecule has 2 aromatic rings. The van der Waals surface area contributed by atoms with Gasteiger partial charge in [-0.3, -0.25) is 14.6 Å². The van der Waals surface area contributed by atoms with Crippen molar-refractivity contribution in [1.29, 1.82) is 0 Å². The monoisotopic (exact) mass is 258 g/mol. The summed E-state index contributed by atoms with van der Waals surface area (Å²) in [6.45, 7) is 3.67. The predicted molar refractivity (Wildman–Crippen MR) is 68.6 cm³/mol. The van der Waals surface area contributed by atoms with Crippen molar-refractivity contribution in [3.8, 4) is 0 Å². The smallest absolute Gasteiger partial charge is 0.296 e. The van der Waals surface area contributed by atoms with Crippen LogP contribution >= 0.6 is 0 Å². The molecule has 1 atom stereocenters. The van der Waals surface area contributed by atoms with Crippen LogP contribution in [0.4, 0.5) is 0 Å². The SMILES string of the molecule is Cc1ccc(C(C)NC(=O)C(=O)c2ccco2)cn1. The van der Waals surface area contributed by atoms with Gasteiger partial charge in [0.25, 0.3) is 11.7 Å². The number of aromatic nitrogens is 1. The van der Waals surface area contributed by atoms with Gasteiger partial charge in [-0.25, -0.2) is 0 Å². The minimum atomic E-state index is -0.692. The Labute approximate surface area is 110 Å². The maximum atomic E-state index is 11.8. The average Bonchev–Trinajstić information content (AvgIpc) is 2.92. The van der Waals surface area contributed by atoms with E-state index >= 15 is 0 Å². The van der Waals surface area contributed by atoms with Gasteiger partial charge < -0.3 is 9.73 Å². The highest BCUT2D eigenvalue weighted by molar-refractivity contribution is 6.42. The summed E-state index contributed by atoms with van der Waals surface area (Å²) in [5.41, 5.74) is 1.74. The zero-order valence-corrected chi connectivity index (χ0v) is 10.7. The molecule has 19 heavy (non-hydrogen) atoms. The topological polar surface area (TPSA) is 72.2 Å². The molecule has 5 heteroatoms. The lowest BCUT2D eigenvalue weighted by molar-refractivity contribution is -0.117. The fourth-order valence-corrected chi connectivity index (χ4v) is 1.60. The van der Waals surface area contributed by atoms with Crippen LogP contribution in [0.15, 0.2) is 41.1 Å². The second kappa shape index (κ2) is 5.48. The van der Waals surface area contributed by atoms with Crippen molar-refractivity contribution in [1.82, 2.24) is 10.3 Å². The van der Waals surface area contributed by atoms with Gasteiger partial charge in [-0.1, -0.05) is 6.07 Å². The molecule has 1 unspecified atom stereocenters. The number of carbonyl (C=O) groups excluding carboxylic acids is 2. The number of amides is 1. The molecule has 1 amide bonds. The lowest BCUT2D eigenvalue weighted by atomic mass is 10.1. The van der Waals surface area contributed by atoms with Crippen molar-refractivity contribution in [2.24, 2.45) is 0 Å². The number of ketones is 1. The van der Waals surface area contributed by atoms with Crippen LogP contribution in [0.5, 0.6) is 0 Å². The van der Waals surface area contributed by atoms with Crippen molar-refractivity contribution < 1.29 is 14.0 Å². The van der Waals surface area contributed by atoms with Crippen LogP contribution in [0, 0.1) is 6.92 Å². The first-order valence-electron chi connectivity index (χ1n) is 5.89. The number of nitrogens with zero attached hydrogens (tertiary/aromatic N) is 1. The first kappa shape index (κ1) is 13.0. The maximum absolute atomic E-state index is 11.8. The Hall–Kier alpha value is -2.43. The van der Waals surface area contributed by atoms with Crippen LogP contribution in [0.1, 0.15) is 34.8 Å². The highest BCUT2D eigenvalue weighted by Crippen LogP contribution is 2.11. The number of nitrogens with one attached hydrogen (secondary N) is 1. The Morgan fingerprint density at radius 3 is 2.68 bits per heavy atom. The third-order valence-corrected chi connectivity index (χ3v) is 2.73. The summed E-state index contributed by atoms with van der Waals surface area (Å²) in [7, 11) is 0. The van der Waals surface area contributed by atoms with Gasteiger partial charge in [0.15, 0.2) is 5.76 Å². The predicted octanol–water partition coefficient (Wildman–Crippen LogP) is 2.04. The second-order valence-electron chi connectivity index (χ2n) is 4.23. The molecule has 0 saturated carbocycles. The zero-order valence-electron chi connectivity index (χ0n) is 10.7. The van der Waals surface area contributed by atoms with Crippen molar-refractivity contribution in [2.75, 3.05) is 0 Å². The Morgan fingerprint density at radius 1 is 1.32 bits per heavy atom. The largest absolute Gasteiger partial charge is 0.461 e. The number of pyridine rings is 1. The molecule has 0 spiro atoms. The van der Waals surface area contributed by atoms with Crippen LogP contribution in [0.2, 0.25) is 0 Å². The highest BCUT2D eigenvalue weighted by atomic mass is 16.3. The van der Waals surface area contributed by atoms with Gasteiger partial charge in [0.1, 0.15) is 0 Å². The normalized spacial score (nSPS) is 11.9. The van der Waals surface area contributed by atoms with Crippen molar-refractivity contribution in [3.05, 3.63) is 53.7 Å². The first-order chi connectivity index (χ1) is 9.08. The van der Waals surface area contributed by atoms with Crippen LogP contribution in [-0.4, -0.2) is 16.7 Å². The van der Waals surface area contributed by atoms with Gasteiger partial charge >= 0.3 is 0 Å². The van der Waals surface area contributed by atoms with Gasteiger partial charge in [-0.05, 0) is 37.6 Å². The minimum absolute atomic E-state index is 0.0340. The summed E-state index contributed by atoms with van der Waals surface area (Å²) >= 11 is 0. The van der Waals surface area contributed by atoms with Crippen molar-refractivity contribution in [3.63, 3.8) is 0 Å². The summed E-state index contributed by atoms with van der Waals surface area (Å²) in [5, 5.41) is 2.62. The molecule has 0 aliphatic rings. The van der Waals surface area contributed by atoms with E-state index in [4.69, 9.17) is 4.42 Å². The van der Waals surface area contributed by atoms with Crippen LogP contribution < -0.4 is 5.32 Å². The summed E-state index contributed by atoms with van der Waals surface area (Å²) < 4.78 is 4.90. The lowest BCUT2D eigenvalue weighted by Gasteiger charge is -2.12. The van der Waals surface area contributed by atoms with Crippen molar-refractivity contribution >= 4 is 11.7 Å². The number of Topliss-reactive ketones (excluding diaryl/α,β-unsaturated/α-hetero) is 1. The molecule has 0 aliphatic carbocycles. The molecule has 98 valence electrons. The molecule has 0 saturated heterocycles. The van der Waals surface area contributed by atoms with E-state index in [1.165, 1.54) is 12.3 Å². The lowest BCUT2D eigenvalue weighted by Crippen LogP contribution is -2.33. The Morgan fingerprint density at radius 2 is 2.11 bits per heavy atom. The zero-order chi connectivity index (χ0) is 13.8. The molecule has 0 aliphatic heterocycles. The second-order valence-corrected chi connectivity index (χ2v) is 4.23. The number of rotatable bonds is 4. The summed E-state index contributed by atoms with van der Waals surface area (Å²) in [6.07, 6.45) is 3.03. The molecule has 5 nitrogen and oxygen atoms in total. The molecular formula is C14H14N2O3. The number of furan rings is 1. The van der Waals surface area contributed by atoms with E-state index < -0.39 is 11.7 Å². The Kier molecular flexibility index (Phi) is 3.75. The molecule has 1 N–H and O–H groups in total. The van der Waals surface area contributed by atoms with E-state index in [1.54, 1.807) is 19.2 Å². The third-order valence-electron chi connectivity index (χ3n) is 2.73. The van der Waals surface area contributed by atoms with Crippen molar-refractivity contribution in [2.45, 2.75) is 19.9 Å². The van der Waals surface area contributed by atoms with E-state index in [9.17, 15) is 9.59 Å².